The van der Waals surface area contributed by atoms with E-state index in [0.717, 1.165) is 0 Å². The lowest BCUT2D eigenvalue weighted by atomic mass is 9.59. The molecule has 2 heterocycles. The summed E-state index contributed by atoms with van der Waals surface area (Å²) in [7, 11) is 1.57. The number of hydrogen-bond acceptors (Lipinski definition) is 11. The Labute approximate surface area is 195 Å². The van der Waals surface area contributed by atoms with Crippen LogP contribution in [-0.4, -0.2) is 68.7 Å². The second-order valence-corrected chi connectivity index (χ2v) is 9.65. The van der Waals surface area contributed by atoms with Crippen molar-refractivity contribution in [3.63, 3.8) is 0 Å². The Morgan fingerprint density at radius 1 is 0.848 bits per heavy atom. The Hall–Kier alpha value is -2.05. The van der Waals surface area contributed by atoms with Crippen molar-refractivity contribution >= 4 is 26.9 Å². The van der Waals surface area contributed by atoms with Crippen molar-refractivity contribution < 1.29 is 52.5 Å². The van der Waals surface area contributed by atoms with Gasteiger partial charge in [-0.25, -0.2) is 14.5 Å². The fraction of sp³-hybridized carbons (Fsp3) is 0.700. The van der Waals surface area contributed by atoms with Gasteiger partial charge in [-0.05, 0) is 48.5 Å². The lowest BCUT2D eigenvalue weighted by Crippen LogP contribution is -2.49. The van der Waals surface area contributed by atoms with Gasteiger partial charge in [-0.2, -0.15) is 4.89 Å². The van der Waals surface area contributed by atoms with E-state index in [2.05, 4.69) is 13.2 Å². The smallest absolute Gasteiger partial charge is 0.429 e. The molecule has 2 rings (SSSR count). The van der Waals surface area contributed by atoms with Crippen LogP contribution < -0.4 is 0 Å². The van der Waals surface area contributed by atoms with Crippen LogP contribution in [0.5, 0.6) is 0 Å². The van der Waals surface area contributed by atoms with Gasteiger partial charge in [0.1, 0.15) is 28.7 Å². The molecule has 4 atom stereocenters. The Kier molecular flexibility index (Phi) is 7.97. The molecule has 4 unspecified atom stereocenters. The van der Waals surface area contributed by atoms with Crippen LogP contribution >= 0.6 is 0 Å². The molecule has 0 saturated carbocycles. The maximum atomic E-state index is 11.5. The first-order chi connectivity index (χ1) is 15.0. The van der Waals surface area contributed by atoms with E-state index in [9.17, 15) is 9.59 Å². The van der Waals surface area contributed by atoms with Crippen LogP contribution in [0, 0.1) is 0 Å². The fourth-order valence-electron chi connectivity index (χ4n) is 3.06. The van der Waals surface area contributed by atoms with Gasteiger partial charge in [0.05, 0.1) is 5.60 Å². The first-order valence-electron chi connectivity index (χ1n) is 10.4. The van der Waals surface area contributed by atoms with E-state index < -0.39 is 47.1 Å². The summed E-state index contributed by atoms with van der Waals surface area (Å²) in [5, 5.41) is 0. The Balaban J connectivity index is 2.03. The zero-order valence-electron chi connectivity index (χ0n) is 20.5. The highest BCUT2D eigenvalue weighted by atomic mass is 17.3. The minimum absolute atomic E-state index is 0.0455. The molecule has 11 nitrogen and oxygen atoms in total. The molecular formula is C20H32B2O11. The molecule has 0 radical (unpaired) electrons. The molecule has 0 amide bonds. The monoisotopic (exact) mass is 470 g/mol. The van der Waals surface area contributed by atoms with Crippen molar-refractivity contribution in [3.05, 3.63) is 24.7 Å². The van der Waals surface area contributed by atoms with Crippen molar-refractivity contribution in [1.29, 1.82) is 0 Å². The van der Waals surface area contributed by atoms with Gasteiger partial charge in [-0.1, -0.05) is 13.2 Å². The number of hydrogen-bond donors (Lipinski definition) is 0. The van der Waals surface area contributed by atoms with Gasteiger partial charge in [-0.3, -0.25) is 0 Å². The average molecular weight is 470 g/mol. The third-order valence-corrected chi connectivity index (χ3v) is 4.84. The standard InChI is InChI=1S/C20H32B2O11/c1-11-19(8,30-15(23)26-11)21-13(25-10)29-18(6,7)33-32-14(28-17(3,4)5)22-20(9)12(2)27-16(24)31-20/h13-14,21-22H,1-2H2,3-10H3. The van der Waals surface area contributed by atoms with E-state index in [4.69, 9.17) is 42.9 Å². The maximum Gasteiger partial charge on any atom is 0.513 e. The highest BCUT2D eigenvalue weighted by Crippen LogP contribution is 2.32. The molecular weight excluding hydrogens is 438 g/mol. The van der Waals surface area contributed by atoms with Crippen molar-refractivity contribution in [2.24, 2.45) is 0 Å². The minimum Gasteiger partial charge on any atom is -0.429 e. The molecule has 0 aromatic carbocycles. The molecule has 0 N–H and O–H groups in total. The van der Waals surface area contributed by atoms with Crippen LogP contribution in [0.15, 0.2) is 24.7 Å². The molecule has 2 saturated heterocycles. The summed E-state index contributed by atoms with van der Waals surface area (Å²) in [6.07, 6.45) is -3.55. The van der Waals surface area contributed by atoms with Crippen LogP contribution in [0.1, 0.15) is 48.5 Å². The number of carbonyl (C=O) groups is 2. The Morgan fingerprint density at radius 2 is 1.30 bits per heavy atom. The molecule has 2 aliphatic heterocycles. The number of methoxy groups -OCH3 is 1. The van der Waals surface area contributed by atoms with Crippen molar-refractivity contribution in [1.82, 2.24) is 0 Å². The van der Waals surface area contributed by atoms with Gasteiger partial charge in [-0.15, -0.1) is 0 Å². The van der Waals surface area contributed by atoms with Gasteiger partial charge in [0.15, 0.2) is 12.0 Å². The molecule has 0 bridgehead atoms. The molecule has 0 spiro atoms. The fourth-order valence-corrected chi connectivity index (χ4v) is 3.06. The summed E-state index contributed by atoms with van der Waals surface area (Å²) >= 11 is 0. The average Bonchev–Trinajstić information content (AvgIpc) is 3.03. The predicted molar refractivity (Wildman–Crippen MR) is 117 cm³/mol. The van der Waals surface area contributed by atoms with Gasteiger partial charge >= 0.3 is 12.3 Å². The van der Waals surface area contributed by atoms with E-state index in [1.54, 1.807) is 27.7 Å². The molecule has 184 valence electrons. The second kappa shape index (κ2) is 9.67. The van der Waals surface area contributed by atoms with Crippen molar-refractivity contribution in [2.75, 3.05) is 7.11 Å². The molecule has 0 aromatic heterocycles. The number of carbonyl (C=O) groups excluding carboxylic acids is 2. The minimum atomic E-state index is -1.33. The van der Waals surface area contributed by atoms with E-state index >= 15 is 0 Å². The van der Waals surface area contributed by atoms with Gasteiger partial charge in [0.2, 0.25) is 0 Å². The molecule has 2 fully saturated rings. The van der Waals surface area contributed by atoms with Gasteiger partial charge in [0, 0.05) is 7.11 Å². The second-order valence-electron chi connectivity index (χ2n) is 9.65. The zero-order valence-corrected chi connectivity index (χ0v) is 20.5. The molecule has 0 aliphatic carbocycles. The third-order valence-electron chi connectivity index (χ3n) is 4.84. The first-order valence-corrected chi connectivity index (χ1v) is 10.4. The normalized spacial score (nSPS) is 27.4. The van der Waals surface area contributed by atoms with Crippen LogP contribution in [0.3, 0.4) is 0 Å². The van der Waals surface area contributed by atoms with E-state index in [1.807, 2.05) is 20.8 Å². The third kappa shape index (κ3) is 7.47. The topological polar surface area (TPSA) is 117 Å². The Bertz CT molecular complexity index is 793. The summed E-state index contributed by atoms with van der Waals surface area (Å²) in [6, 6.07) is 0. The number of ether oxygens (including phenoxy) is 7. The van der Waals surface area contributed by atoms with Crippen LogP contribution in [0.25, 0.3) is 0 Å². The van der Waals surface area contributed by atoms with E-state index in [1.165, 1.54) is 7.11 Å². The molecule has 13 heteroatoms. The number of cyclic esters (lactones) is 4. The first kappa shape index (κ1) is 27.2. The lowest BCUT2D eigenvalue weighted by Gasteiger charge is -2.34. The molecule has 0 aromatic rings. The summed E-state index contributed by atoms with van der Waals surface area (Å²) in [5.74, 6) is -1.05. The summed E-state index contributed by atoms with van der Waals surface area (Å²) in [4.78, 5) is 34.0. The summed E-state index contributed by atoms with van der Waals surface area (Å²) in [6.45, 7) is 19.4. The van der Waals surface area contributed by atoms with Crippen LogP contribution in [0.4, 0.5) is 9.59 Å². The molecule has 2 aliphatic rings. The van der Waals surface area contributed by atoms with E-state index in [-0.39, 0.29) is 26.1 Å². The van der Waals surface area contributed by atoms with Crippen molar-refractivity contribution in [3.8, 4) is 0 Å². The highest BCUT2D eigenvalue weighted by Gasteiger charge is 2.48. The van der Waals surface area contributed by atoms with Gasteiger partial charge in [0.25, 0.3) is 14.6 Å². The largest absolute Gasteiger partial charge is 0.513 e. The number of rotatable bonds is 11. The Morgan fingerprint density at radius 3 is 1.67 bits per heavy atom. The predicted octanol–water partition coefficient (Wildman–Crippen LogP) is 2.38. The summed E-state index contributed by atoms with van der Waals surface area (Å²) < 4.78 is 37.4. The lowest BCUT2D eigenvalue weighted by molar-refractivity contribution is -0.464. The zero-order chi connectivity index (χ0) is 25.2. The maximum absolute atomic E-state index is 11.5. The highest BCUT2D eigenvalue weighted by molar-refractivity contribution is 6.42. The SMILES string of the molecule is C=C1OC(=O)OC1(C)BC(OOC(C)(C)OC(BC1(C)OC(=O)OC1=C)OC)OC(C)(C)C. The van der Waals surface area contributed by atoms with Crippen LogP contribution in [-0.2, 0) is 42.9 Å². The van der Waals surface area contributed by atoms with E-state index in [0.29, 0.717) is 0 Å². The van der Waals surface area contributed by atoms with Crippen molar-refractivity contribution in [2.45, 2.75) is 83.2 Å². The molecule has 33 heavy (non-hydrogen) atoms. The van der Waals surface area contributed by atoms with Crippen LogP contribution in [0.2, 0.25) is 0 Å². The van der Waals surface area contributed by atoms with Gasteiger partial charge < -0.3 is 33.2 Å². The summed E-state index contributed by atoms with van der Waals surface area (Å²) in [5.41, 5.74) is -2.91. The quantitative estimate of drug-likeness (QED) is 0.146.